The first-order chi connectivity index (χ1) is 6.58. The third kappa shape index (κ3) is 5.61. The van der Waals surface area contributed by atoms with Crippen LogP contribution in [-0.4, -0.2) is 25.3 Å². The fourth-order valence-corrected chi connectivity index (χ4v) is 1.92. The molecule has 1 rings (SSSR count). The zero-order valence-electron chi connectivity index (χ0n) is 9.94. The van der Waals surface area contributed by atoms with E-state index in [1.165, 1.54) is 38.8 Å². The smallest absolute Gasteiger partial charge is 0.0598 e. The van der Waals surface area contributed by atoms with Gasteiger partial charge in [-0.3, -0.25) is 0 Å². The summed E-state index contributed by atoms with van der Waals surface area (Å²) >= 11 is 0. The molecule has 1 atom stereocenters. The average molecular weight is 199 g/mol. The van der Waals surface area contributed by atoms with E-state index in [1.807, 2.05) is 0 Å². The van der Waals surface area contributed by atoms with Crippen LogP contribution in [-0.2, 0) is 4.74 Å². The van der Waals surface area contributed by atoms with Gasteiger partial charge < -0.3 is 10.1 Å². The van der Waals surface area contributed by atoms with Crippen LogP contribution in [0.1, 0.15) is 46.5 Å². The van der Waals surface area contributed by atoms with Crippen molar-refractivity contribution in [3.63, 3.8) is 0 Å². The van der Waals surface area contributed by atoms with Gasteiger partial charge in [0.2, 0.25) is 0 Å². The lowest BCUT2D eigenvalue weighted by Crippen LogP contribution is -2.30. The minimum atomic E-state index is 0.0326. The molecule has 0 radical (unpaired) electrons. The molecule has 0 aromatic carbocycles. The van der Waals surface area contributed by atoms with Gasteiger partial charge in [0.1, 0.15) is 0 Å². The number of piperidine rings is 1. The van der Waals surface area contributed by atoms with E-state index in [1.54, 1.807) is 0 Å². The molecule has 2 heteroatoms. The van der Waals surface area contributed by atoms with Crippen LogP contribution in [0, 0.1) is 5.92 Å². The minimum absolute atomic E-state index is 0.0326. The molecule has 84 valence electrons. The highest BCUT2D eigenvalue weighted by Gasteiger charge is 2.13. The SMILES string of the molecule is CC(C)(C)OCCCC1CCCNC1. The lowest BCUT2D eigenvalue weighted by Gasteiger charge is -2.24. The van der Waals surface area contributed by atoms with Gasteiger partial charge in [0, 0.05) is 6.61 Å². The molecule has 2 nitrogen and oxygen atoms in total. The Morgan fingerprint density at radius 3 is 2.71 bits per heavy atom. The summed E-state index contributed by atoms with van der Waals surface area (Å²) in [6.07, 6.45) is 5.29. The maximum absolute atomic E-state index is 5.70. The molecule has 0 aromatic heterocycles. The molecule has 0 saturated carbocycles. The maximum Gasteiger partial charge on any atom is 0.0598 e. The van der Waals surface area contributed by atoms with E-state index in [9.17, 15) is 0 Å². The summed E-state index contributed by atoms with van der Waals surface area (Å²) in [5.41, 5.74) is 0.0326. The van der Waals surface area contributed by atoms with Crippen LogP contribution < -0.4 is 5.32 Å². The Morgan fingerprint density at radius 1 is 1.36 bits per heavy atom. The van der Waals surface area contributed by atoms with E-state index in [4.69, 9.17) is 4.74 Å². The average Bonchev–Trinajstić information content (AvgIpc) is 2.13. The highest BCUT2D eigenvalue weighted by atomic mass is 16.5. The number of nitrogens with one attached hydrogen (secondary N) is 1. The molecule has 1 N–H and O–H groups in total. The molecule has 0 aliphatic carbocycles. The van der Waals surface area contributed by atoms with Gasteiger partial charge in [-0.1, -0.05) is 0 Å². The van der Waals surface area contributed by atoms with E-state index in [-0.39, 0.29) is 5.60 Å². The third-order valence-corrected chi connectivity index (χ3v) is 2.69. The van der Waals surface area contributed by atoms with Crippen molar-refractivity contribution in [2.45, 2.75) is 52.1 Å². The molecular weight excluding hydrogens is 174 g/mol. The van der Waals surface area contributed by atoms with Crippen LogP contribution in [0.25, 0.3) is 0 Å². The monoisotopic (exact) mass is 199 g/mol. The van der Waals surface area contributed by atoms with Gasteiger partial charge in [-0.15, -0.1) is 0 Å². The summed E-state index contributed by atoms with van der Waals surface area (Å²) < 4.78 is 5.70. The molecule has 1 unspecified atom stereocenters. The van der Waals surface area contributed by atoms with Crippen molar-refractivity contribution in [1.29, 1.82) is 0 Å². The van der Waals surface area contributed by atoms with Crippen molar-refractivity contribution in [2.24, 2.45) is 5.92 Å². The Kier molecular flexibility index (Phi) is 4.90. The predicted molar refractivity (Wildman–Crippen MR) is 60.5 cm³/mol. The first-order valence-electron chi connectivity index (χ1n) is 5.92. The van der Waals surface area contributed by atoms with Crippen molar-refractivity contribution in [1.82, 2.24) is 5.32 Å². The third-order valence-electron chi connectivity index (χ3n) is 2.69. The van der Waals surface area contributed by atoms with Gasteiger partial charge in [0.15, 0.2) is 0 Å². The van der Waals surface area contributed by atoms with Crippen LogP contribution in [0.2, 0.25) is 0 Å². The van der Waals surface area contributed by atoms with E-state index >= 15 is 0 Å². The van der Waals surface area contributed by atoms with Crippen LogP contribution >= 0.6 is 0 Å². The molecule has 0 bridgehead atoms. The second kappa shape index (κ2) is 5.72. The van der Waals surface area contributed by atoms with Crippen molar-refractivity contribution in [3.8, 4) is 0 Å². The zero-order valence-corrected chi connectivity index (χ0v) is 9.94. The van der Waals surface area contributed by atoms with Crippen molar-refractivity contribution < 1.29 is 4.74 Å². The summed E-state index contributed by atoms with van der Waals surface area (Å²) in [5, 5.41) is 3.45. The largest absolute Gasteiger partial charge is 0.376 e. The zero-order chi connectivity index (χ0) is 10.4. The van der Waals surface area contributed by atoms with Gasteiger partial charge in [-0.2, -0.15) is 0 Å². The number of ether oxygens (including phenoxy) is 1. The van der Waals surface area contributed by atoms with Crippen LogP contribution in [0.5, 0.6) is 0 Å². The second-order valence-corrected chi connectivity index (χ2v) is 5.32. The topological polar surface area (TPSA) is 21.3 Å². The molecule has 0 aromatic rings. The minimum Gasteiger partial charge on any atom is -0.376 e. The molecule has 1 heterocycles. The molecular formula is C12H25NO. The Balaban J connectivity index is 1.97. The first kappa shape index (κ1) is 12.0. The molecule has 1 saturated heterocycles. The van der Waals surface area contributed by atoms with E-state index in [0.29, 0.717) is 0 Å². The first-order valence-corrected chi connectivity index (χ1v) is 5.92. The number of rotatable bonds is 4. The molecule has 0 spiro atoms. The normalized spacial score (nSPS) is 23.8. The summed E-state index contributed by atoms with van der Waals surface area (Å²) in [4.78, 5) is 0. The molecule has 1 aliphatic heterocycles. The van der Waals surface area contributed by atoms with E-state index in [2.05, 4.69) is 26.1 Å². The van der Waals surface area contributed by atoms with Gasteiger partial charge >= 0.3 is 0 Å². The lowest BCUT2D eigenvalue weighted by atomic mass is 9.95. The summed E-state index contributed by atoms with van der Waals surface area (Å²) in [6.45, 7) is 9.71. The summed E-state index contributed by atoms with van der Waals surface area (Å²) in [7, 11) is 0. The maximum atomic E-state index is 5.70. The highest BCUT2D eigenvalue weighted by molar-refractivity contribution is 4.69. The summed E-state index contributed by atoms with van der Waals surface area (Å²) in [6, 6.07) is 0. The quantitative estimate of drug-likeness (QED) is 0.703. The van der Waals surface area contributed by atoms with E-state index < -0.39 is 0 Å². The fourth-order valence-electron chi connectivity index (χ4n) is 1.92. The standard InChI is InChI=1S/C12H25NO/c1-12(2,3)14-9-5-7-11-6-4-8-13-10-11/h11,13H,4-10H2,1-3H3. The lowest BCUT2D eigenvalue weighted by molar-refractivity contribution is -0.00616. The number of hydrogen-bond acceptors (Lipinski definition) is 2. The molecule has 1 aliphatic rings. The van der Waals surface area contributed by atoms with Gasteiger partial charge in [0.25, 0.3) is 0 Å². The Bertz CT molecular complexity index is 145. The van der Waals surface area contributed by atoms with Gasteiger partial charge in [0.05, 0.1) is 5.60 Å². The van der Waals surface area contributed by atoms with Crippen molar-refractivity contribution >= 4 is 0 Å². The van der Waals surface area contributed by atoms with Crippen LogP contribution in [0.3, 0.4) is 0 Å². The van der Waals surface area contributed by atoms with E-state index in [0.717, 1.165) is 12.5 Å². The van der Waals surface area contributed by atoms with Crippen LogP contribution in [0.15, 0.2) is 0 Å². The Morgan fingerprint density at radius 2 is 2.14 bits per heavy atom. The number of hydrogen-bond donors (Lipinski definition) is 1. The predicted octanol–water partition coefficient (Wildman–Crippen LogP) is 2.58. The molecule has 0 amide bonds. The molecule has 1 fully saturated rings. The highest BCUT2D eigenvalue weighted by Crippen LogP contribution is 2.16. The Hall–Kier alpha value is -0.0800. The Labute approximate surface area is 88.4 Å². The molecule has 14 heavy (non-hydrogen) atoms. The van der Waals surface area contributed by atoms with Gasteiger partial charge in [-0.05, 0) is 65.5 Å². The van der Waals surface area contributed by atoms with Crippen LogP contribution in [0.4, 0.5) is 0 Å². The second-order valence-electron chi connectivity index (χ2n) is 5.32. The summed E-state index contributed by atoms with van der Waals surface area (Å²) in [5.74, 6) is 0.896. The van der Waals surface area contributed by atoms with Gasteiger partial charge in [-0.25, -0.2) is 0 Å². The fraction of sp³-hybridized carbons (Fsp3) is 1.00. The van der Waals surface area contributed by atoms with Crippen molar-refractivity contribution in [3.05, 3.63) is 0 Å². The van der Waals surface area contributed by atoms with Crippen molar-refractivity contribution in [2.75, 3.05) is 19.7 Å².